The van der Waals surface area contributed by atoms with Crippen molar-refractivity contribution in [2.24, 2.45) is 0 Å². The molecule has 0 saturated carbocycles. The maximum Gasteiger partial charge on any atom is 0.137 e. The van der Waals surface area contributed by atoms with Gasteiger partial charge in [0.05, 0.1) is 6.61 Å². The second-order valence-corrected chi connectivity index (χ2v) is 3.12. The zero-order chi connectivity index (χ0) is 9.10. The number of phenols is 1. The van der Waals surface area contributed by atoms with Crippen LogP contribution in [0, 0.1) is 0 Å². The molecule has 4 heteroatoms. The number of phenolic OH excluding ortho intramolecular Hbond substituents is 1. The molecule has 1 unspecified atom stereocenters. The average molecular weight is 216 g/mol. The van der Waals surface area contributed by atoms with Crippen molar-refractivity contribution >= 4 is 12.4 Å². The van der Waals surface area contributed by atoms with E-state index in [9.17, 15) is 5.11 Å². The molecule has 14 heavy (non-hydrogen) atoms. The monoisotopic (exact) mass is 215 g/mol. The molecule has 1 aliphatic rings. The van der Waals surface area contributed by atoms with Gasteiger partial charge >= 0.3 is 0 Å². The summed E-state index contributed by atoms with van der Waals surface area (Å²) >= 11 is 0. The topological polar surface area (TPSA) is 41.5 Å². The summed E-state index contributed by atoms with van der Waals surface area (Å²) < 4.78 is 5.47. The Morgan fingerprint density at radius 2 is 2.14 bits per heavy atom. The van der Waals surface area contributed by atoms with Crippen molar-refractivity contribution in [3.8, 4) is 5.75 Å². The minimum atomic E-state index is -0.144. The summed E-state index contributed by atoms with van der Waals surface area (Å²) in [7, 11) is 0. The Bertz CT molecular complexity index is 287. The molecule has 1 aliphatic heterocycles. The molecule has 0 amide bonds. The molecule has 2 N–H and O–H groups in total. The highest BCUT2D eigenvalue weighted by Crippen LogP contribution is 2.25. The molecule has 1 aromatic rings. The van der Waals surface area contributed by atoms with Gasteiger partial charge in [0.1, 0.15) is 12.0 Å². The van der Waals surface area contributed by atoms with Crippen LogP contribution in [0.5, 0.6) is 5.75 Å². The van der Waals surface area contributed by atoms with Gasteiger partial charge in [-0.3, -0.25) is 5.32 Å². The van der Waals surface area contributed by atoms with Gasteiger partial charge in [-0.1, -0.05) is 18.2 Å². The van der Waals surface area contributed by atoms with Crippen molar-refractivity contribution in [3.63, 3.8) is 0 Å². The van der Waals surface area contributed by atoms with Gasteiger partial charge in [-0.05, 0) is 12.5 Å². The SMILES string of the molecule is Cl.Oc1ccccc1C1NCCCO1. The second-order valence-electron chi connectivity index (χ2n) is 3.12. The highest BCUT2D eigenvalue weighted by molar-refractivity contribution is 5.85. The summed E-state index contributed by atoms with van der Waals surface area (Å²) in [4.78, 5) is 0. The predicted molar refractivity (Wildman–Crippen MR) is 56.7 cm³/mol. The van der Waals surface area contributed by atoms with E-state index in [4.69, 9.17) is 4.74 Å². The molecule has 2 rings (SSSR count). The summed E-state index contributed by atoms with van der Waals surface area (Å²) in [5.74, 6) is 0.293. The van der Waals surface area contributed by atoms with Crippen LogP contribution in [0.25, 0.3) is 0 Å². The highest BCUT2D eigenvalue weighted by Gasteiger charge is 2.17. The van der Waals surface area contributed by atoms with Crippen LogP contribution in [0.3, 0.4) is 0 Å². The first-order valence-corrected chi connectivity index (χ1v) is 4.51. The van der Waals surface area contributed by atoms with E-state index in [-0.39, 0.29) is 18.6 Å². The van der Waals surface area contributed by atoms with Gasteiger partial charge in [-0.15, -0.1) is 12.4 Å². The van der Waals surface area contributed by atoms with Crippen LogP contribution in [-0.4, -0.2) is 18.3 Å². The smallest absolute Gasteiger partial charge is 0.137 e. The standard InChI is InChI=1S/C10H13NO2.ClH/c12-9-5-2-1-4-8(9)10-11-6-3-7-13-10;/h1-2,4-5,10-12H,3,6-7H2;1H. The molecule has 1 saturated heterocycles. The van der Waals surface area contributed by atoms with E-state index in [1.807, 2.05) is 18.2 Å². The zero-order valence-corrected chi connectivity index (χ0v) is 8.59. The summed E-state index contributed by atoms with van der Waals surface area (Å²) in [5.41, 5.74) is 0.821. The van der Waals surface area contributed by atoms with Crippen molar-refractivity contribution in [1.82, 2.24) is 5.32 Å². The van der Waals surface area contributed by atoms with E-state index >= 15 is 0 Å². The molecular formula is C10H14ClNO2. The molecule has 1 heterocycles. The molecule has 1 aromatic carbocycles. The van der Waals surface area contributed by atoms with Gasteiger partial charge in [0.25, 0.3) is 0 Å². The van der Waals surface area contributed by atoms with Gasteiger partial charge < -0.3 is 9.84 Å². The largest absolute Gasteiger partial charge is 0.508 e. The van der Waals surface area contributed by atoms with E-state index in [2.05, 4.69) is 5.32 Å². The molecule has 1 atom stereocenters. The normalized spacial score (nSPS) is 21.3. The van der Waals surface area contributed by atoms with E-state index in [0.717, 1.165) is 25.1 Å². The van der Waals surface area contributed by atoms with Crippen molar-refractivity contribution in [3.05, 3.63) is 29.8 Å². The minimum absolute atomic E-state index is 0. The number of hydrogen-bond donors (Lipinski definition) is 2. The molecule has 0 radical (unpaired) electrons. The van der Waals surface area contributed by atoms with Crippen LogP contribution >= 0.6 is 12.4 Å². The number of para-hydroxylation sites is 1. The fraction of sp³-hybridized carbons (Fsp3) is 0.400. The quantitative estimate of drug-likeness (QED) is 0.751. The number of nitrogens with one attached hydrogen (secondary N) is 1. The number of halogens is 1. The van der Waals surface area contributed by atoms with Crippen molar-refractivity contribution in [1.29, 1.82) is 0 Å². The maximum atomic E-state index is 9.54. The van der Waals surface area contributed by atoms with Gasteiger partial charge in [-0.2, -0.15) is 0 Å². The van der Waals surface area contributed by atoms with Crippen LogP contribution in [0.1, 0.15) is 18.2 Å². The summed E-state index contributed by atoms with van der Waals surface area (Å²) in [6, 6.07) is 7.25. The number of aromatic hydroxyl groups is 1. The third-order valence-electron chi connectivity index (χ3n) is 2.15. The summed E-state index contributed by atoms with van der Waals surface area (Å²) in [5, 5.41) is 12.7. The Labute approximate surface area is 89.5 Å². The van der Waals surface area contributed by atoms with E-state index in [0.29, 0.717) is 5.75 Å². The predicted octanol–water partition coefficient (Wildman–Crippen LogP) is 1.82. The maximum absolute atomic E-state index is 9.54. The molecule has 0 aromatic heterocycles. The van der Waals surface area contributed by atoms with E-state index in [1.165, 1.54) is 0 Å². The van der Waals surface area contributed by atoms with Gasteiger partial charge in [0.15, 0.2) is 0 Å². The van der Waals surface area contributed by atoms with Crippen molar-refractivity contribution in [2.45, 2.75) is 12.6 Å². The van der Waals surface area contributed by atoms with Gasteiger partial charge in [0.2, 0.25) is 0 Å². The van der Waals surface area contributed by atoms with Crippen LogP contribution in [-0.2, 0) is 4.74 Å². The fourth-order valence-corrected chi connectivity index (χ4v) is 1.47. The van der Waals surface area contributed by atoms with Gasteiger partial charge in [-0.25, -0.2) is 0 Å². The summed E-state index contributed by atoms with van der Waals surface area (Å²) in [6.45, 7) is 1.70. The van der Waals surface area contributed by atoms with Crippen LogP contribution < -0.4 is 5.32 Å². The molecule has 1 fully saturated rings. The lowest BCUT2D eigenvalue weighted by Gasteiger charge is -2.24. The fourth-order valence-electron chi connectivity index (χ4n) is 1.47. The highest BCUT2D eigenvalue weighted by atomic mass is 35.5. The Kier molecular flexibility index (Phi) is 4.20. The lowest BCUT2D eigenvalue weighted by Crippen LogP contribution is -2.31. The Morgan fingerprint density at radius 1 is 1.36 bits per heavy atom. The molecular weight excluding hydrogens is 202 g/mol. The first kappa shape index (κ1) is 11.3. The second kappa shape index (κ2) is 5.20. The average Bonchev–Trinajstić information content (AvgIpc) is 2.20. The molecule has 78 valence electrons. The van der Waals surface area contributed by atoms with Crippen molar-refractivity contribution in [2.75, 3.05) is 13.2 Å². The Morgan fingerprint density at radius 3 is 2.79 bits per heavy atom. The minimum Gasteiger partial charge on any atom is -0.508 e. The van der Waals surface area contributed by atoms with E-state index < -0.39 is 0 Å². The lowest BCUT2D eigenvalue weighted by molar-refractivity contribution is -0.00158. The van der Waals surface area contributed by atoms with E-state index in [1.54, 1.807) is 6.07 Å². The number of benzene rings is 1. The first-order valence-electron chi connectivity index (χ1n) is 4.51. The number of rotatable bonds is 1. The van der Waals surface area contributed by atoms with Crippen LogP contribution in [0.2, 0.25) is 0 Å². The van der Waals surface area contributed by atoms with Crippen LogP contribution in [0.4, 0.5) is 0 Å². The zero-order valence-electron chi connectivity index (χ0n) is 7.77. The molecule has 0 aliphatic carbocycles. The Balaban J connectivity index is 0.000000980. The summed E-state index contributed by atoms with van der Waals surface area (Å²) in [6.07, 6.45) is 0.888. The number of hydrogen-bond acceptors (Lipinski definition) is 3. The molecule has 0 bridgehead atoms. The van der Waals surface area contributed by atoms with Crippen molar-refractivity contribution < 1.29 is 9.84 Å². The number of ether oxygens (including phenoxy) is 1. The Hall–Kier alpha value is -0.770. The van der Waals surface area contributed by atoms with Gasteiger partial charge in [0, 0.05) is 12.1 Å². The lowest BCUT2D eigenvalue weighted by atomic mass is 10.1. The molecule has 3 nitrogen and oxygen atoms in total. The third kappa shape index (κ3) is 2.38. The molecule has 0 spiro atoms. The first-order chi connectivity index (χ1) is 6.38. The third-order valence-corrected chi connectivity index (χ3v) is 2.15. The van der Waals surface area contributed by atoms with Crippen LogP contribution in [0.15, 0.2) is 24.3 Å².